The number of anilines is 1. The molecule has 158 valence electrons. The number of aromatic nitrogens is 1. The minimum absolute atomic E-state index is 0.108. The van der Waals surface area contributed by atoms with Crippen LogP contribution in [-0.2, 0) is 0 Å². The van der Waals surface area contributed by atoms with Crippen molar-refractivity contribution in [3.8, 4) is 22.8 Å². The standard InChI is InChI=1S/C24H13Cl2FN2O3/c25-17-6-2-5-16(22(17)26)19-9-10-21(31-19)23(30)28-15-7-8-20-18(12-15)29-24(32-20)13-3-1-4-14(27)11-13/h1-12H,(H,28,30). The summed E-state index contributed by atoms with van der Waals surface area (Å²) in [6, 6.07) is 19.4. The van der Waals surface area contributed by atoms with E-state index in [4.69, 9.17) is 32.0 Å². The summed E-state index contributed by atoms with van der Waals surface area (Å²) in [7, 11) is 0. The van der Waals surface area contributed by atoms with Crippen LogP contribution in [0.2, 0.25) is 10.0 Å². The van der Waals surface area contributed by atoms with Gasteiger partial charge in [0.25, 0.3) is 5.91 Å². The summed E-state index contributed by atoms with van der Waals surface area (Å²) < 4.78 is 24.9. The molecule has 0 atom stereocenters. The Bertz CT molecular complexity index is 1480. The maximum atomic E-state index is 13.5. The number of benzene rings is 3. The second kappa shape index (κ2) is 8.15. The van der Waals surface area contributed by atoms with Gasteiger partial charge in [0.1, 0.15) is 17.1 Å². The fourth-order valence-corrected chi connectivity index (χ4v) is 3.64. The van der Waals surface area contributed by atoms with Crippen molar-refractivity contribution in [1.29, 1.82) is 0 Å². The van der Waals surface area contributed by atoms with Gasteiger partial charge in [-0.3, -0.25) is 4.79 Å². The summed E-state index contributed by atoms with van der Waals surface area (Å²) in [6.07, 6.45) is 0. The molecule has 8 heteroatoms. The highest BCUT2D eigenvalue weighted by atomic mass is 35.5. The molecule has 2 heterocycles. The van der Waals surface area contributed by atoms with Gasteiger partial charge in [-0.25, -0.2) is 9.37 Å². The monoisotopic (exact) mass is 466 g/mol. The van der Waals surface area contributed by atoms with E-state index < -0.39 is 5.91 Å². The van der Waals surface area contributed by atoms with Crippen LogP contribution < -0.4 is 5.32 Å². The fourth-order valence-electron chi connectivity index (χ4n) is 3.24. The molecule has 2 aromatic heterocycles. The lowest BCUT2D eigenvalue weighted by molar-refractivity contribution is 0.0997. The number of fused-ring (bicyclic) bond motifs is 1. The highest BCUT2D eigenvalue weighted by Crippen LogP contribution is 2.34. The van der Waals surface area contributed by atoms with E-state index in [-0.39, 0.29) is 17.5 Å². The number of carbonyl (C=O) groups excluding carboxylic acids is 1. The Balaban J connectivity index is 1.38. The number of nitrogens with zero attached hydrogens (tertiary/aromatic N) is 1. The lowest BCUT2D eigenvalue weighted by Gasteiger charge is -2.04. The normalized spacial score (nSPS) is 11.1. The number of halogens is 3. The zero-order valence-corrected chi connectivity index (χ0v) is 17.7. The van der Waals surface area contributed by atoms with Gasteiger partial charge < -0.3 is 14.2 Å². The van der Waals surface area contributed by atoms with Gasteiger partial charge in [0.15, 0.2) is 11.3 Å². The molecule has 0 aliphatic carbocycles. The van der Waals surface area contributed by atoms with E-state index >= 15 is 0 Å². The molecule has 0 aliphatic rings. The van der Waals surface area contributed by atoms with Crippen LogP contribution in [0.15, 0.2) is 81.6 Å². The molecule has 3 aromatic carbocycles. The molecule has 0 saturated carbocycles. The summed E-state index contributed by atoms with van der Waals surface area (Å²) in [5, 5.41) is 3.51. The van der Waals surface area contributed by atoms with E-state index in [0.29, 0.717) is 43.7 Å². The molecule has 5 nitrogen and oxygen atoms in total. The Morgan fingerprint density at radius 3 is 2.62 bits per heavy atom. The molecule has 1 N–H and O–H groups in total. The van der Waals surface area contributed by atoms with Crippen molar-refractivity contribution in [2.45, 2.75) is 0 Å². The molecule has 1 amide bonds. The van der Waals surface area contributed by atoms with Gasteiger partial charge in [-0.1, -0.05) is 35.3 Å². The predicted octanol–water partition coefficient (Wildman–Crippen LogP) is 7.45. The topological polar surface area (TPSA) is 68.3 Å². The van der Waals surface area contributed by atoms with Gasteiger partial charge in [0.2, 0.25) is 5.89 Å². The zero-order chi connectivity index (χ0) is 22.2. The van der Waals surface area contributed by atoms with Crippen LogP contribution in [0.5, 0.6) is 0 Å². The second-order valence-electron chi connectivity index (χ2n) is 6.93. The third-order valence-electron chi connectivity index (χ3n) is 4.76. The third-order valence-corrected chi connectivity index (χ3v) is 5.58. The highest BCUT2D eigenvalue weighted by molar-refractivity contribution is 6.43. The lowest BCUT2D eigenvalue weighted by atomic mass is 10.2. The minimum atomic E-state index is -0.442. The van der Waals surface area contributed by atoms with E-state index in [1.807, 2.05) is 0 Å². The largest absolute Gasteiger partial charge is 0.451 e. The number of carbonyl (C=O) groups is 1. The average molecular weight is 467 g/mol. The van der Waals surface area contributed by atoms with Crippen LogP contribution in [0.1, 0.15) is 10.6 Å². The van der Waals surface area contributed by atoms with Crippen LogP contribution in [0.3, 0.4) is 0 Å². The Kier molecular flexibility index (Phi) is 5.17. The first-order chi connectivity index (χ1) is 15.5. The summed E-state index contributed by atoms with van der Waals surface area (Å²) in [5.74, 6) is 0.000296. The molecule has 0 saturated heterocycles. The SMILES string of the molecule is O=C(Nc1ccc2oc(-c3cccc(F)c3)nc2c1)c1ccc(-c2cccc(Cl)c2Cl)o1. The lowest BCUT2D eigenvalue weighted by Crippen LogP contribution is -2.10. The van der Waals surface area contributed by atoms with Crippen LogP contribution in [-0.4, -0.2) is 10.9 Å². The zero-order valence-electron chi connectivity index (χ0n) is 16.2. The maximum Gasteiger partial charge on any atom is 0.291 e. The van der Waals surface area contributed by atoms with Crippen molar-refractivity contribution in [3.63, 3.8) is 0 Å². The number of amides is 1. The number of furan rings is 1. The van der Waals surface area contributed by atoms with E-state index in [1.54, 1.807) is 60.7 Å². The Hall–Kier alpha value is -3.61. The first kappa shape index (κ1) is 20.3. The molecule has 5 rings (SSSR count). The molecule has 0 aliphatic heterocycles. The Labute approximate surface area is 191 Å². The molecule has 0 radical (unpaired) electrons. The number of oxazole rings is 1. The van der Waals surface area contributed by atoms with E-state index in [1.165, 1.54) is 12.1 Å². The van der Waals surface area contributed by atoms with Gasteiger partial charge in [0.05, 0.1) is 10.0 Å². The van der Waals surface area contributed by atoms with Crippen LogP contribution in [0.4, 0.5) is 10.1 Å². The molecule has 0 spiro atoms. The fraction of sp³-hybridized carbons (Fsp3) is 0. The number of hydrogen-bond acceptors (Lipinski definition) is 4. The highest BCUT2D eigenvalue weighted by Gasteiger charge is 2.16. The summed E-state index contributed by atoms with van der Waals surface area (Å²) in [5.41, 5.74) is 2.65. The molecule has 0 fully saturated rings. The third kappa shape index (κ3) is 3.86. The van der Waals surface area contributed by atoms with Crippen molar-refractivity contribution in [2.24, 2.45) is 0 Å². The van der Waals surface area contributed by atoms with Crippen molar-refractivity contribution >= 4 is 45.9 Å². The quantitative estimate of drug-likeness (QED) is 0.298. The van der Waals surface area contributed by atoms with E-state index in [9.17, 15) is 9.18 Å². The molecule has 0 bridgehead atoms. The first-order valence-corrected chi connectivity index (χ1v) is 10.3. The maximum absolute atomic E-state index is 13.5. The van der Waals surface area contributed by atoms with Gasteiger partial charge in [-0.15, -0.1) is 0 Å². The molecular weight excluding hydrogens is 454 g/mol. The van der Waals surface area contributed by atoms with Crippen molar-refractivity contribution < 1.29 is 18.0 Å². The van der Waals surface area contributed by atoms with Crippen LogP contribution in [0, 0.1) is 5.82 Å². The van der Waals surface area contributed by atoms with Gasteiger partial charge in [-0.05, 0) is 60.7 Å². The predicted molar refractivity (Wildman–Crippen MR) is 122 cm³/mol. The Morgan fingerprint density at radius 2 is 1.78 bits per heavy atom. The number of nitrogens with one attached hydrogen (secondary N) is 1. The average Bonchev–Trinajstić information content (AvgIpc) is 3.43. The van der Waals surface area contributed by atoms with Crippen LogP contribution in [0.25, 0.3) is 33.9 Å². The van der Waals surface area contributed by atoms with Crippen molar-refractivity contribution in [1.82, 2.24) is 4.98 Å². The van der Waals surface area contributed by atoms with Gasteiger partial charge >= 0.3 is 0 Å². The summed E-state index contributed by atoms with van der Waals surface area (Å²) >= 11 is 12.3. The Morgan fingerprint density at radius 1 is 0.938 bits per heavy atom. The minimum Gasteiger partial charge on any atom is -0.451 e. The van der Waals surface area contributed by atoms with Crippen LogP contribution >= 0.6 is 23.2 Å². The van der Waals surface area contributed by atoms with E-state index in [0.717, 1.165) is 0 Å². The summed E-state index contributed by atoms with van der Waals surface area (Å²) in [6.45, 7) is 0. The van der Waals surface area contributed by atoms with Gasteiger partial charge in [-0.2, -0.15) is 0 Å². The number of hydrogen-bond donors (Lipinski definition) is 1. The molecule has 32 heavy (non-hydrogen) atoms. The summed E-state index contributed by atoms with van der Waals surface area (Å²) in [4.78, 5) is 17.1. The molecular formula is C24H13Cl2FN2O3. The van der Waals surface area contributed by atoms with Crippen molar-refractivity contribution in [3.05, 3.63) is 94.4 Å². The molecule has 0 unspecified atom stereocenters. The smallest absolute Gasteiger partial charge is 0.291 e. The molecule has 5 aromatic rings. The first-order valence-electron chi connectivity index (χ1n) is 9.50. The second-order valence-corrected chi connectivity index (χ2v) is 7.72. The number of rotatable bonds is 4. The van der Waals surface area contributed by atoms with Crippen molar-refractivity contribution in [2.75, 3.05) is 5.32 Å². The van der Waals surface area contributed by atoms with Gasteiger partial charge in [0, 0.05) is 16.8 Å². The van der Waals surface area contributed by atoms with E-state index in [2.05, 4.69) is 10.3 Å².